The average Bonchev–Trinajstić information content (AvgIpc) is 2.69. The second-order valence-electron chi connectivity index (χ2n) is 4.76. The SMILES string of the molecule is Cc1c(C(=O)N2CCCC(C(N)=S)C2)cnn1C. The molecule has 1 saturated heterocycles. The van der Waals surface area contributed by atoms with E-state index in [-0.39, 0.29) is 11.8 Å². The molecule has 0 aromatic carbocycles. The number of hydrogen-bond acceptors (Lipinski definition) is 3. The van der Waals surface area contributed by atoms with Crippen LogP contribution in [-0.2, 0) is 7.05 Å². The molecule has 2 rings (SSSR count). The molecule has 5 nitrogen and oxygen atoms in total. The number of hydrogen-bond donors (Lipinski definition) is 1. The van der Waals surface area contributed by atoms with Crippen molar-refractivity contribution in [1.82, 2.24) is 14.7 Å². The predicted molar refractivity (Wildman–Crippen MR) is 73.4 cm³/mol. The third-order valence-electron chi connectivity index (χ3n) is 3.58. The van der Waals surface area contributed by atoms with Gasteiger partial charge in [-0.15, -0.1) is 0 Å². The van der Waals surface area contributed by atoms with E-state index in [2.05, 4.69) is 5.10 Å². The van der Waals surface area contributed by atoms with Gasteiger partial charge in [-0.05, 0) is 19.8 Å². The van der Waals surface area contributed by atoms with Crippen LogP contribution in [0.2, 0.25) is 0 Å². The first-order chi connectivity index (χ1) is 8.50. The molecule has 6 heteroatoms. The van der Waals surface area contributed by atoms with Gasteiger partial charge in [-0.1, -0.05) is 12.2 Å². The van der Waals surface area contributed by atoms with Gasteiger partial charge in [-0.3, -0.25) is 9.48 Å². The summed E-state index contributed by atoms with van der Waals surface area (Å²) in [6.45, 7) is 3.30. The molecule has 0 bridgehead atoms. The molecule has 0 spiro atoms. The maximum Gasteiger partial charge on any atom is 0.257 e. The van der Waals surface area contributed by atoms with Crippen LogP contribution in [0.3, 0.4) is 0 Å². The van der Waals surface area contributed by atoms with E-state index < -0.39 is 0 Å². The van der Waals surface area contributed by atoms with E-state index in [0.29, 0.717) is 17.1 Å². The number of piperidine rings is 1. The van der Waals surface area contributed by atoms with Crippen LogP contribution in [0.25, 0.3) is 0 Å². The quantitative estimate of drug-likeness (QED) is 0.807. The van der Waals surface area contributed by atoms with Gasteiger partial charge in [-0.25, -0.2) is 0 Å². The number of carbonyl (C=O) groups is 1. The summed E-state index contributed by atoms with van der Waals surface area (Å²) < 4.78 is 1.71. The highest BCUT2D eigenvalue weighted by Gasteiger charge is 2.27. The van der Waals surface area contributed by atoms with Crippen molar-refractivity contribution in [3.05, 3.63) is 17.5 Å². The number of aryl methyl sites for hydroxylation is 1. The molecule has 1 atom stereocenters. The van der Waals surface area contributed by atoms with Crippen LogP contribution < -0.4 is 5.73 Å². The maximum absolute atomic E-state index is 12.4. The summed E-state index contributed by atoms with van der Waals surface area (Å²) >= 11 is 5.02. The fraction of sp³-hybridized carbons (Fsp3) is 0.583. The topological polar surface area (TPSA) is 64.2 Å². The first kappa shape index (κ1) is 13.0. The lowest BCUT2D eigenvalue weighted by Gasteiger charge is -2.32. The Hall–Kier alpha value is -1.43. The minimum absolute atomic E-state index is 0.0292. The van der Waals surface area contributed by atoms with Crippen molar-refractivity contribution in [2.75, 3.05) is 13.1 Å². The number of nitrogens with two attached hydrogens (primary N) is 1. The van der Waals surface area contributed by atoms with Crippen LogP contribution in [0, 0.1) is 12.8 Å². The van der Waals surface area contributed by atoms with Crippen molar-refractivity contribution in [3.8, 4) is 0 Å². The fourth-order valence-corrected chi connectivity index (χ4v) is 2.47. The van der Waals surface area contributed by atoms with Gasteiger partial charge in [0, 0.05) is 31.7 Å². The molecule has 0 radical (unpaired) electrons. The lowest BCUT2D eigenvalue weighted by molar-refractivity contribution is 0.0702. The van der Waals surface area contributed by atoms with E-state index in [1.807, 2.05) is 18.9 Å². The van der Waals surface area contributed by atoms with Gasteiger partial charge in [-0.2, -0.15) is 5.10 Å². The average molecular weight is 266 g/mol. The van der Waals surface area contributed by atoms with Crippen LogP contribution in [0.15, 0.2) is 6.20 Å². The highest BCUT2D eigenvalue weighted by Crippen LogP contribution is 2.19. The Morgan fingerprint density at radius 3 is 2.89 bits per heavy atom. The monoisotopic (exact) mass is 266 g/mol. The van der Waals surface area contributed by atoms with Crippen molar-refractivity contribution in [3.63, 3.8) is 0 Å². The van der Waals surface area contributed by atoms with Gasteiger partial charge in [0.2, 0.25) is 0 Å². The zero-order chi connectivity index (χ0) is 13.3. The van der Waals surface area contributed by atoms with Crippen LogP contribution in [-0.4, -0.2) is 38.7 Å². The fourth-order valence-electron chi connectivity index (χ4n) is 2.27. The Balaban J connectivity index is 2.14. The largest absolute Gasteiger partial charge is 0.393 e. The van der Waals surface area contributed by atoms with Gasteiger partial charge in [0.05, 0.1) is 16.7 Å². The second kappa shape index (κ2) is 5.06. The highest BCUT2D eigenvalue weighted by atomic mass is 32.1. The number of nitrogens with zero attached hydrogens (tertiary/aromatic N) is 3. The molecule has 1 aliphatic heterocycles. The second-order valence-corrected chi connectivity index (χ2v) is 5.23. The van der Waals surface area contributed by atoms with Crippen molar-refractivity contribution >= 4 is 23.1 Å². The lowest BCUT2D eigenvalue weighted by Crippen LogP contribution is -2.43. The Kier molecular flexibility index (Phi) is 3.65. The molecular formula is C12H18N4OS. The number of thiocarbonyl (C=S) groups is 1. The summed E-state index contributed by atoms with van der Waals surface area (Å²) in [6.07, 6.45) is 3.56. The Bertz CT molecular complexity index is 482. The molecule has 0 saturated carbocycles. The zero-order valence-corrected chi connectivity index (χ0v) is 11.5. The Morgan fingerprint density at radius 2 is 2.33 bits per heavy atom. The number of rotatable bonds is 2. The molecule has 1 unspecified atom stereocenters. The molecule has 1 fully saturated rings. The van der Waals surface area contributed by atoms with E-state index in [0.717, 1.165) is 25.1 Å². The number of likely N-dealkylation sites (tertiary alicyclic amines) is 1. The minimum Gasteiger partial charge on any atom is -0.393 e. The predicted octanol–water partition coefficient (Wildman–Crippen LogP) is 0.867. The van der Waals surface area contributed by atoms with Gasteiger partial charge >= 0.3 is 0 Å². The van der Waals surface area contributed by atoms with E-state index in [1.54, 1.807) is 10.9 Å². The molecule has 2 N–H and O–H groups in total. The maximum atomic E-state index is 12.4. The molecule has 1 aromatic rings. The van der Waals surface area contributed by atoms with Crippen molar-refractivity contribution < 1.29 is 4.79 Å². The summed E-state index contributed by atoms with van der Waals surface area (Å²) in [4.78, 5) is 14.7. The van der Waals surface area contributed by atoms with Crippen molar-refractivity contribution in [2.45, 2.75) is 19.8 Å². The third-order valence-corrected chi connectivity index (χ3v) is 3.91. The van der Waals surface area contributed by atoms with Crippen LogP contribution in [0.4, 0.5) is 0 Å². The molecule has 0 aliphatic carbocycles. The molecule has 1 aliphatic rings. The Labute approximate surface area is 112 Å². The third kappa shape index (κ3) is 2.38. The van der Waals surface area contributed by atoms with Crippen LogP contribution in [0.1, 0.15) is 28.9 Å². The summed E-state index contributed by atoms with van der Waals surface area (Å²) in [5, 5.41) is 4.10. The lowest BCUT2D eigenvalue weighted by atomic mass is 9.97. The smallest absolute Gasteiger partial charge is 0.257 e. The van der Waals surface area contributed by atoms with E-state index >= 15 is 0 Å². The van der Waals surface area contributed by atoms with Gasteiger partial charge in [0.15, 0.2) is 0 Å². The number of carbonyl (C=O) groups excluding carboxylic acids is 1. The first-order valence-electron chi connectivity index (χ1n) is 6.08. The molecular weight excluding hydrogens is 248 g/mol. The van der Waals surface area contributed by atoms with E-state index in [9.17, 15) is 4.79 Å². The molecule has 2 heterocycles. The van der Waals surface area contributed by atoms with Gasteiger partial charge < -0.3 is 10.6 Å². The van der Waals surface area contributed by atoms with Crippen LogP contribution >= 0.6 is 12.2 Å². The summed E-state index contributed by atoms with van der Waals surface area (Å²) in [5.41, 5.74) is 7.23. The Morgan fingerprint density at radius 1 is 1.61 bits per heavy atom. The molecule has 1 aromatic heterocycles. The number of aromatic nitrogens is 2. The normalized spacial score (nSPS) is 19.9. The van der Waals surface area contributed by atoms with Crippen molar-refractivity contribution in [2.24, 2.45) is 18.7 Å². The summed E-state index contributed by atoms with van der Waals surface area (Å²) in [7, 11) is 1.83. The molecule has 18 heavy (non-hydrogen) atoms. The molecule has 1 amide bonds. The zero-order valence-electron chi connectivity index (χ0n) is 10.7. The van der Waals surface area contributed by atoms with Crippen molar-refractivity contribution in [1.29, 1.82) is 0 Å². The minimum atomic E-state index is 0.0292. The highest BCUT2D eigenvalue weighted by molar-refractivity contribution is 7.80. The van der Waals surface area contributed by atoms with Gasteiger partial charge in [0.1, 0.15) is 0 Å². The standard InChI is InChI=1S/C12H18N4OS/c1-8-10(6-14-15(8)2)12(17)16-5-3-4-9(7-16)11(13)18/h6,9H,3-5,7H2,1-2H3,(H2,13,18). The van der Waals surface area contributed by atoms with E-state index in [4.69, 9.17) is 18.0 Å². The molecule has 98 valence electrons. The number of amides is 1. The van der Waals surface area contributed by atoms with E-state index in [1.165, 1.54) is 0 Å². The summed E-state index contributed by atoms with van der Waals surface area (Å²) in [5.74, 6) is 0.177. The van der Waals surface area contributed by atoms with Gasteiger partial charge in [0.25, 0.3) is 5.91 Å². The first-order valence-corrected chi connectivity index (χ1v) is 6.48. The summed E-state index contributed by atoms with van der Waals surface area (Å²) in [6, 6.07) is 0. The van der Waals surface area contributed by atoms with Crippen LogP contribution in [0.5, 0.6) is 0 Å².